The molecule has 0 bridgehead atoms. The second kappa shape index (κ2) is 4.63. The molecule has 1 atom stereocenters. The van der Waals surface area contributed by atoms with Gasteiger partial charge in [-0.3, -0.25) is 0 Å². The Labute approximate surface area is 88.8 Å². The van der Waals surface area contributed by atoms with Crippen LogP contribution in [-0.4, -0.2) is 30.6 Å². The second-order valence-corrected chi connectivity index (χ2v) is 5.75. The lowest BCUT2D eigenvalue weighted by atomic mass is 9.76. The van der Waals surface area contributed by atoms with E-state index in [0.717, 1.165) is 18.4 Å². The van der Waals surface area contributed by atoms with Gasteiger partial charge in [0.05, 0.1) is 0 Å². The molecule has 1 fully saturated rings. The topological polar surface area (TPSA) is 29.3 Å². The molecule has 0 spiro atoms. The van der Waals surface area contributed by atoms with Crippen molar-refractivity contribution in [2.45, 2.75) is 57.5 Å². The SMILES string of the molecule is CN(C)C(CCC(C)(C)N)C1CCC1. The van der Waals surface area contributed by atoms with Gasteiger partial charge in [-0.05, 0) is 59.5 Å². The summed E-state index contributed by atoms with van der Waals surface area (Å²) in [7, 11) is 4.40. The molecule has 0 aromatic rings. The molecule has 2 N–H and O–H groups in total. The fourth-order valence-corrected chi connectivity index (χ4v) is 2.26. The van der Waals surface area contributed by atoms with E-state index in [1.165, 1.54) is 25.7 Å². The summed E-state index contributed by atoms with van der Waals surface area (Å²) in [6.07, 6.45) is 6.66. The largest absolute Gasteiger partial charge is 0.326 e. The Morgan fingerprint density at radius 3 is 2.21 bits per heavy atom. The zero-order valence-electron chi connectivity index (χ0n) is 10.2. The van der Waals surface area contributed by atoms with Crippen LogP contribution < -0.4 is 5.73 Å². The van der Waals surface area contributed by atoms with Crippen LogP contribution in [0.4, 0.5) is 0 Å². The van der Waals surface area contributed by atoms with Crippen molar-refractivity contribution in [1.82, 2.24) is 4.90 Å². The number of hydrogen-bond acceptors (Lipinski definition) is 2. The summed E-state index contributed by atoms with van der Waals surface area (Å²) in [5, 5.41) is 0. The number of rotatable bonds is 5. The van der Waals surface area contributed by atoms with Gasteiger partial charge in [-0.2, -0.15) is 0 Å². The van der Waals surface area contributed by atoms with Crippen LogP contribution >= 0.6 is 0 Å². The third kappa shape index (κ3) is 3.58. The minimum atomic E-state index is -0.00198. The molecule has 14 heavy (non-hydrogen) atoms. The van der Waals surface area contributed by atoms with Crippen LogP contribution in [0.5, 0.6) is 0 Å². The highest BCUT2D eigenvalue weighted by molar-refractivity contribution is 4.85. The van der Waals surface area contributed by atoms with E-state index in [0.29, 0.717) is 0 Å². The Morgan fingerprint density at radius 2 is 1.93 bits per heavy atom. The van der Waals surface area contributed by atoms with Crippen LogP contribution in [0.15, 0.2) is 0 Å². The molecule has 0 aromatic carbocycles. The van der Waals surface area contributed by atoms with E-state index in [4.69, 9.17) is 5.73 Å². The fraction of sp³-hybridized carbons (Fsp3) is 1.00. The summed E-state index contributed by atoms with van der Waals surface area (Å²) in [4.78, 5) is 2.38. The first-order chi connectivity index (χ1) is 6.40. The smallest absolute Gasteiger partial charge is 0.0118 e. The predicted molar refractivity (Wildman–Crippen MR) is 62.3 cm³/mol. The van der Waals surface area contributed by atoms with Crippen LogP contribution in [0.2, 0.25) is 0 Å². The Balaban J connectivity index is 2.35. The van der Waals surface area contributed by atoms with Crippen LogP contribution in [0, 0.1) is 5.92 Å². The van der Waals surface area contributed by atoms with Crippen LogP contribution in [0.1, 0.15) is 46.0 Å². The normalized spacial score (nSPS) is 21.0. The fourth-order valence-electron chi connectivity index (χ4n) is 2.26. The molecule has 1 rings (SSSR count). The van der Waals surface area contributed by atoms with Gasteiger partial charge in [0, 0.05) is 11.6 Å². The van der Waals surface area contributed by atoms with E-state index in [9.17, 15) is 0 Å². The lowest BCUT2D eigenvalue weighted by molar-refractivity contribution is 0.125. The maximum atomic E-state index is 6.03. The van der Waals surface area contributed by atoms with Gasteiger partial charge >= 0.3 is 0 Å². The quantitative estimate of drug-likeness (QED) is 0.734. The molecule has 0 aliphatic heterocycles. The molecular weight excluding hydrogens is 172 g/mol. The molecule has 0 radical (unpaired) electrons. The highest BCUT2D eigenvalue weighted by Crippen LogP contribution is 2.34. The van der Waals surface area contributed by atoms with Gasteiger partial charge in [-0.25, -0.2) is 0 Å². The van der Waals surface area contributed by atoms with E-state index in [1.807, 2.05) is 0 Å². The summed E-state index contributed by atoms with van der Waals surface area (Å²) in [6.45, 7) is 4.25. The number of nitrogens with zero attached hydrogens (tertiary/aromatic N) is 1. The minimum Gasteiger partial charge on any atom is -0.326 e. The van der Waals surface area contributed by atoms with Crippen molar-refractivity contribution in [3.05, 3.63) is 0 Å². The lowest BCUT2D eigenvalue weighted by Gasteiger charge is -2.39. The maximum Gasteiger partial charge on any atom is 0.0118 e. The highest BCUT2D eigenvalue weighted by atomic mass is 15.1. The molecule has 1 aliphatic rings. The van der Waals surface area contributed by atoms with Gasteiger partial charge in [0.25, 0.3) is 0 Å². The van der Waals surface area contributed by atoms with Gasteiger partial charge < -0.3 is 10.6 Å². The van der Waals surface area contributed by atoms with E-state index in [2.05, 4.69) is 32.8 Å². The molecule has 0 saturated heterocycles. The van der Waals surface area contributed by atoms with Crippen molar-refractivity contribution >= 4 is 0 Å². The average molecular weight is 198 g/mol. The number of hydrogen-bond donors (Lipinski definition) is 1. The first-order valence-electron chi connectivity index (χ1n) is 5.85. The Hall–Kier alpha value is -0.0800. The predicted octanol–water partition coefficient (Wildman–Crippen LogP) is 2.23. The molecule has 1 saturated carbocycles. The standard InChI is InChI=1S/C12H26N2/c1-12(2,13)9-8-11(14(3)4)10-6-5-7-10/h10-11H,5-9,13H2,1-4H3. The van der Waals surface area contributed by atoms with Crippen molar-refractivity contribution in [2.75, 3.05) is 14.1 Å². The van der Waals surface area contributed by atoms with Crippen LogP contribution in [0.3, 0.4) is 0 Å². The first kappa shape index (κ1) is 12.0. The molecule has 1 unspecified atom stereocenters. The van der Waals surface area contributed by atoms with Crippen molar-refractivity contribution in [1.29, 1.82) is 0 Å². The van der Waals surface area contributed by atoms with Gasteiger partial charge in [-0.15, -0.1) is 0 Å². The van der Waals surface area contributed by atoms with E-state index in [-0.39, 0.29) is 5.54 Å². The van der Waals surface area contributed by atoms with Crippen molar-refractivity contribution < 1.29 is 0 Å². The minimum absolute atomic E-state index is 0.00198. The van der Waals surface area contributed by atoms with E-state index in [1.54, 1.807) is 0 Å². The van der Waals surface area contributed by atoms with Gasteiger partial charge in [0.15, 0.2) is 0 Å². The van der Waals surface area contributed by atoms with Crippen LogP contribution in [0.25, 0.3) is 0 Å². The summed E-state index contributed by atoms with van der Waals surface area (Å²) >= 11 is 0. The first-order valence-corrected chi connectivity index (χ1v) is 5.85. The zero-order chi connectivity index (χ0) is 10.8. The molecule has 0 amide bonds. The van der Waals surface area contributed by atoms with Crippen molar-refractivity contribution in [3.8, 4) is 0 Å². The van der Waals surface area contributed by atoms with E-state index < -0.39 is 0 Å². The van der Waals surface area contributed by atoms with Gasteiger partial charge in [0.2, 0.25) is 0 Å². The maximum absolute atomic E-state index is 6.03. The Morgan fingerprint density at radius 1 is 1.36 bits per heavy atom. The molecule has 0 heterocycles. The molecule has 2 heteroatoms. The number of nitrogens with two attached hydrogens (primary N) is 1. The monoisotopic (exact) mass is 198 g/mol. The summed E-state index contributed by atoms with van der Waals surface area (Å²) in [5.41, 5.74) is 6.02. The highest BCUT2D eigenvalue weighted by Gasteiger charge is 2.29. The van der Waals surface area contributed by atoms with Crippen molar-refractivity contribution in [3.63, 3.8) is 0 Å². The van der Waals surface area contributed by atoms with Crippen molar-refractivity contribution in [2.24, 2.45) is 11.7 Å². The molecular formula is C12H26N2. The zero-order valence-corrected chi connectivity index (χ0v) is 10.2. The lowest BCUT2D eigenvalue weighted by Crippen LogP contribution is -2.41. The summed E-state index contributed by atoms with van der Waals surface area (Å²) in [5.74, 6) is 0.937. The second-order valence-electron chi connectivity index (χ2n) is 5.75. The molecule has 2 nitrogen and oxygen atoms in total. The third-order valence-corrected chi connectivity index (χ3v) is 3.44. The Kier molecular flexibility index (Phi) is 3.96. The summed E-state index contributed by atoms with van der Waals surface area (Å²) < 4.78 is 0. The Bertz CT molecular complexity index is 166. The van der Waals surface area contributed by atoms with E-state index >= 15 is 0 Å². The molecule has 1 aliphatic carbocycles. The molecule has 84 valence electrons. The summed E-state index contributed by atoms with van der Waals surface area (Å²) in [6, 6.07) is 0.756. The van der Waals surface area contributed by atoms with Gasteiger partial charge in [-0.1, -0.05) is 6.42 Å². The molecule has 0 aromatic heterocycles. The van der Waals surface area contributed by atoms with Gasteiger partial charge in [0.1, 0.15) is 0 Å². The third-order valence-electron chi connectivity index (χ3n) is 3.44. The van der Waals surface area contributed by atoms with Crippen LogP contribution in [-0.2, 0) is 0 Å². The average Bonchev–Trinajstić information content (AvgIpc) is 1.90.